The van der Waals surface area contributed by atoms with Gasteiger partial charge in [0.05, 0.1) is 12.2 Å². The number of hydrogen-bond acceptors (Lipinski definition) is 3. The van der Waals surface area contributed by atoms with E-state index in [1.807, 2.05) is 10.7 Å². The minimum atomic E-state index is -0.329. The van der Waals surface area contributed by atoms with Gasteiger partial charge >= 0.3 is 0 Å². The number of benzene rings is 1. The quantitative estimate of drug-likeness (QED) is 0.741. The Morgan fingerprint density at radius 3 is 2.75 bits per heavy atom. The number of aryl methyl sites for hydroxylation is 1. The van der Waals surface area contributed by atoms with Gasteiger partial charge in [0.15, 0.2) is 5.82 Å². The summed E-state index contributed by atoms with van der Waals surface area (Å²) in [5, 5.41) is 4.52. The Bertz CT molecular complexity index is 854. The second-order valence-electron chi connectivity index (χ2n) is 6.27. The number of pyridine rings is 1. The molecule has 0 saturated heterocycles. The van der Waals surface area contributed by atoms with Gasteiger partial charge in [-0.2, -0.15) is 5.10 Å². The van der Waals surface area contributed by atoms with Crippen LogP contribution in [-0.2, 0) is 19.6 Å². The molecule has 0 spiro atoms. The standard InChI is InChI=1S/C19H19FN4/c1-14-4-6-15(7-5-14)12-23-9-10-24-16(13-23)11-18(22-24)19-17(20)3-2-8-21-19/h2-8,11H,9-10,12-13H2,1H3. The normalized spacial score (nSPS) is 14.6. The fourth-order valence-corrected chi connectivity index (χ4v) is 3.10. The first-order valence-electron chi connectivity index (χ1n) is 8.14. The highest BCUT2D eigenvalue weighted by Gasteiger charge is 2.20. The van der Waals surface area contributed by atoms with E-state index in [1.54, 1.807) is 12.3 Å². The molecule has 0 bridgehead atoms. The van der Waals surface area contributed by atoms with Gasteiger partial charge in [0.1, 0.15) is 11.4 Å². The topological polar surface area (TPSA) is 34.0 Å². The van der Waals surface area contributed by atoms with Crippen molar-refractivity contribution in [3.8, 4) is 11.4 Å². The summed E-state index contributed by atoms with van der Waals surface area (Å²) in [4.78, 5) is 6.51. The fourth-order valence-electron chi connectivity index (χ4n) is 3.10. The van der Waals surface area contributed by atoms with Crippen LogP contribution in [0.15, 0.2) is 48.7 Å². The molecular weight excluding hydrogens is 303 g/mol. The molecule has 1 aliphatic rings. The molecule has 2 aromatic heterocycles. The minimum absolute atomic E-state index is 0.324. The van der Waals surface area contributed by atoms with E-state index >= 15 is 0 Å². The highest BCUT2D eigenvalue weighted by Crippen LogP contribution is 2.23. The second-order valence-corrected chi connectivity index (χ2v) is 6.27. The van der Waals surface area contributed by atoms with Gasteiger partial charge in [0.2, 0.25) is 0 Å². The Labute approximate surface area is 140 Å². The second kappa shape index (κ2) is 6.17. The third kappa shape index (κ3) is 2.95. The van der Waals surface area contributed by atoms with Crippen LogP contribution in [-0.4, -0.2) is 26.2 Å². The molecule has 0 atom stereocenters. The van der Waals surface area contributed by atoms with Crippen LogP contribution in [0.3, 0.4) is 0 Å². The van der Waals surface area contributed by atoms with E-state index in [4.69, 9.17) is 0 Å². The molecule has 4 rings (SSSR count). The SMILES string of the molecule is Cc1ccc(CN2CCn3nc(-c4ncccc4F)cc3C2)cc1. The highest BCUT2D eigenvalue weighted by atomic mass is 19.1. The van der Waals surface area contributed by atoms with Crippen molar-refractivity contribution in [2.75, 3.05) is 6.54 Å². The molecule has 0 unspecified atom stereocenters. The molecule has 3 aromatic rings. The zero-order valence-corrected chi connectivity index (χ0v) is 13.6. The molecule has 0 fully saturated rings. The van der Waals surface area contributed by atoms with Crippen LogP contribution in [0.25, 0.3) is 11.4 Å². The fraction of sp³-hybridized carbons (Fsp3) is 0.263. The van der Waals surface area contributed by atoms with Crippen molar-refractivity contribution in [3.05, 3.63) is 71.3 Å². The average Bonchev–Trinajstić information content (AvgIpc) is 3.00. The van der Waals surface area contributed by atoms with Crippen LogP contribution in [0, 0.1) is 12.7 Å². The molecule has 0 N–H and O–H groups in total. The number of halogens is 1. The van der Waals surface area contributed by atoms with Crippen molar-refractivity contribution in [2.24, 2.45) is 0 Å². The largest absolute Gasteiger partial charge is 0.291 e. The Morgan fingerprint density at radius 2 is 1.96 bits per heavy atom. The van der Waals surface area contributed by atoms with Gasteiger partial charge in [-0.25, -0.2) is 4.39 Å². The monoisotopic (exact) mass is 322 g/mol. The zero-order chi connectivity index (χ0) is 16.5. The predicted octanol–water partition coefficient (Wildman–Crippen LogP) is 3.41. The van der Waals surface area contributed by atoms with Gasteiger partial charge in [-0.15, -0.1) is 0 Å². The van der Waals surface area contributed by atoms with Crippen molar-refractivity contribution >= 4 is 0 Å². The zero-order valence-electron chi connectivity index (χ0n) is 13.6. The van der Waals surface area contributed by atoms with Crippen molar-refractivity contribution in [2.45, 2.75) is 26.6 Å². The molecule has 1 aliphatic heterocycles. The number of nitrogens with zero attached hydrogens (tertiary/aromatic N) is 4. The smallest absolute Gasteiger partial charge is 0.151 e. The lowest BCUT2D eigenvalue weighted by molar-refractivity contribution is 0.205. The molecule has 5 heteroatoms. The summed E-state index contributed by atoms with van der Waals surface area (Å²) in [6.07, 6.45) is 1.60. The van der Waals surface area contributed by atoms with E-state index in [-0.39, 0.29) is 5.82 Å². The molecule has 0 radical (unpaired) electrons. The minimum Gasteiger partial charge on any atom is -0.291 e. The van der Waals surface area contributed by atoms with Crippen molar-refractivity contribution in [1.29, 1.82) is 0 Å². The van der Waals surface area contributed by atoms with Gasteiger partial charge in [0.25, 0.3) is 0 Å². The van der Waals surface area contributed by atoms with Crippen LogP contribution in [0.5, 0.6) is 0 Å². The first-order chi connectivity index (χ1) is 11.7. The first kappa shape index (κ1) is 15.0. The number of aromatic nitrogens is 3. The number of rotatable bonds is 3. The maximum Gasteiger partial charge on any atom is 0.151 e. The molecule has 24 heavy (non-hydrogen) atoms. The van der Waals surface area contributed by atoms with Crippen LogP contribution in [0.4, 0.5) is 4.39 Å². The van der Waals surface area contributed by atoms with Crippen LogP contribution in [0.1, 0.15) is 16.8 Å². The van der Waals surface area contributed by atoms with E-state index in [2.05, 4.69) is 46.2 Å². The molecule has 3 heterocycles. The Balaban J connectivity index is 1.53. The Hall–Kier alpha value is -2.53. The maximum atomic E-state index is 13.9. The van der Waals surface area contributed by atoms with E-state index in [9.17, 15) is 4.39 Å². The van der Waals surface area contributed by atoms with Crippen molar-refractivity contribution in [3.63, 3.8) is 0 Å². The molecule has 122 valence electrons. The summed E-state index contributed by atoms with van der Waals surface area (Å²) in [7, 11) is 0. The van der Waals surface area contributed by atoms with Crippen molar-refractivity contribution < 1.29 is 4.39 Å². The van der Waals surface area contributed by atoms with Crippen LogP contribution < -0.4 is 0 Å². The van der Waals surface area contributed by atoms with Gasteiger partial charge in [-0.05, 0) is 30.7 Å². The number of hydrogen-bond donors (Lipinski definition) is 0. The van der Waals surface area contributed by atoms with Gasteiger partial charge < -0.3 is 0 Å². The maximum absolute atomic E-state index is 13.9. The molecule has 1 aromatic carbocycles. The lowest BCUT2D eigenvalue weighted by Crippen LogP contribution is -2.33. The summed E-state index contributed by atoms with van der Waals surface area (Å²) in [5.74, 6) is -0.329. The first-order valence-corrected chi connectivity index (χ1v) is 8.14. The summed E-state index contributed by atoms with van der Waals surface area (Å²) in [6.45, 7) is 5.58. The van der Waals surface area contributed by atoms with Gasteiger partial charge in [-0.3, -0.25) is 14.6 Å². The summed E-state index contributed by atoms with van der Waals surface area (Å²) >= 11 is 0. The van der Waals surface area contributed by atoms with Gasteiger partial charge in [-0.1, -0.05) is 29.8 Å². The van der Waals surface area contributed by atoms with E-state index in [0.717, 1.165) is 31.9 Å². The molecule has 0 aliphatic carbocycles. The molecule has 0 saturated carbocycles. The van der Waals surface area contributed by atoms with Gasteiger partial charge in [0, 0.05) is 25.8 Å². The summed E-state index contributed by atoms with van der Waals surface area (Å²) in [6, 6.07) is 13.6. The molecule has 0 amide bonds. The lowest BCUT2D eigenvalue weighted by Gasteiger charge is -2.27. The van der Waals surface area contributed by atoms with Crippen molar-refractivity contribution in [1.82, 2.24) is 19.7 Å². The highest BCUT2D eigenvalue weighted by molar-refractivity contribution is 5.55. The van der Waals surface area contributed by atoms with E-state index in [0.29, 0.717) is 11.4 Å². The van der Waals surface area contributed by atoms with Crippen LogP contribution >= 0.6 is 0 Å². The third-order valence-corrected chi connectivity index (χ3v) is 4.40. The third-order valence-electron chi connectivity index (χ3n) is 4.40. The van der Waals surface area contributed by atoms with E-state index < -0.39 is 0 Å². The lowest BCUT2D eigenvalue weighted by atomic mass is 10.1. The summed E-state index contributed by atoms with van der Waals surface area (Å²) in [5.41, 5.74) is 4.63. The van der Waals surface area contributed by atoms with Crippen LogP contribution in [0.2, 0.25) is 0 Å². The Kier molecular flexibility index (Phi) is 3.86. The average molecular weight is 322 g/mol. The molecule has 4 nitrogen and oxygen atoms in total. The number of fused-ring (bicyclic) bond motifs is 1. The predicted molar refractivity (Wildman–Crippen MR) is 90.7 cm³/mol. The molecular formula is C19H19FN4. The Morgan fingerprint density at radius 1 is 1.12 bits per heavy atom. The summed E-state index contributed by atoms with van der Waals surface area (Å²) < 4.78 is 15.9. The van der Waals surface area contributed by atoms with E-state index in [1.165, 1.54) is 17.2 Å².